The maximum absolute atomic E-state index is 12.3. The van der Waals surface area contributed by atoms with Crippen molar-refractivity contribution in [1.82, 2.24) is 0 Å². The van der Waals surface area contributed by atoms with Gasteiger partial charge >= 0.3 is 5.97 Å². The Labute approximate surface area is 162 Å². The number of anilines is 1. The zero-order valence-electron chi connectivity index (χ0n) is 14.9. The third-order valence-corrected chi connectivity index (χ3v) is 5.02. The average Bonchev–Trinajstić information content (AvgIpc) is 2.56. The second-order valence-electron chi connectivity index (χ2n) is 6.04. The Balaban J connectivity index is 2.14. The van der Waals surface area contributed by atoms with Gasteiger partial charge in [0.25, 0.3) is 5.91 Å². The second kappa shape index (κ2) is 8.08. The van der Waals surface area contributed by atoms with Gasteiger partial charge in [-0.1, -0.05) is 29.3 Å². The summed E-state index contributed by atoms with van der Waals surface area (Å²) in [7, 11) is -4.02. The number of hydrogen-bond donors (Lipinski definition) is 2. The number of nitrogens with one attached hydrogen (secondary N) is 1. The summed E-state index contributed by atoms with van der Waals surface area (Å²) in [6.45, 7) is 5.18. The molecule has 2 aromatic rings. The van der Waals surface area contributed by atoms with Crippen LogP contribution in [0.1, 0.15) is 28.4 Å². The van der Waals surface area contributed by atoms with Crippen LogP contribution in [0.15, 0.2) is 41.3 Å². The fourth-order valence-corrected chi connectivity index (χ4v) is 3.04. The van der Waals surface area contributed by atoms with Crippen LogP contribution in [0, 0.1) is 13.8 Å². The first-order chi connectivity index (χ1) is 12.5. The van der Waals surface area contributed by atoms with Crippen molar-refractivity contribution < 1.29 is 22.7 Å². The molecular weight excluding hydrogens is 392 g/mol. The van der Waals surface area contributed by atoms with Crippen LogP contribution < -0.4 is 10.5 Å². The lowest BCUT2D eigenvalue weighted by molar-refractivity contribution is -0.123. The topological polar surface area (TPSA) is 116 Å². The summed E-state index contributed by atoms with van der Waals surface area (Å²) in [6, 6.07) is 8.91. The fraction of sp³-hybridized carbons (Fsp3) is 0.222. The number of amides is 1. The largest absolute Gasteiger partial charge is 0.449 e. The van der Waals surface area contributed by atoms with Gasteiger partial charge in [0.15, 0.2) is 6.10 Å². The predicted octanol–water partition coefficient (Wildman–Crippen LogP) is 2.79. The zero-order chi connectivity index (χ0) is 20.4. The molecule has 3 N–H and O–H groups in total. The summed E-state index contributed by atoms with van der Waals surface area (Å²) in [5, 5.41) is 7.71. The van der Waals surface area contributed by atoms with Crippen LogP contribution in [-0.4, -0.2) is 26.4 Å². The van der Waals surface area contributed by atoms with E-state index in [0.29, 0.717) is 5.69 Å². The zero-order valence-corrected chi connectivity index (χ0v) is 16.5. The number of carbonyl (C=O) groups excluding carboxylic acids is 2. The number of nitrogens with two attached hydrogens (primary N) is 1. The van der Waals surface area contributed by atoms with Gasteiger partial charge in [-0.05, 0) is 50.6 Å². The number of benzene rings is 2. The van der Waals surface area contributed by atoms with Crippen LogP contribution in [0.2, 0.25) is 5.02 Å². The number of halogens is 1. The molecule has 27 heavy (non-hydrogen) atoms. The summed E-state index contributed by atoms with van der Waals surface area (Å²) < 4.78 is 28.0. The summed E-state index contributed by atoms with van der Waals surface area (Å²) in [6.07, 6.45) is -1.13. The molecule has 144 valence electrons. The Morgan fingerprint density at radius 3 is 2.41 bits per heavy atom. The lowest BCUT2D eigenvalue weighted by Gasteiger charge is -2.15. The summed E-state index contributed by atoms with van der Waals surface area (Å²) >= 11 is 5.93. The molecule has 7 nitrogen and oxygen atoms in total. The van der Waals surface area contributed by atoms with E-state index in [1.54, 1.807) is 6.07 Å². The monoisotopic (exact) mass is 410 g/mol. The first-order valence-corrected chi connectivity index (χ1v) is 9.83. The number of hydrogen-bond acceptors (Lipinski definition) is 5. The van der Waals surface area contributed by atoms with Crippen molar-refractivity contribution in [2.45, 2.75) is 31.8 Å². The van der Waals surface area contributed by atoms with Gasteiger partial charge in [0.1, 0.15) is 0 Å². The number of carbonyl (C=O) groups is 2. The minimum atomic E-state index is -4.02. The quantitative estimate of drug-likeness (QED) is 0.735. The van der Waals surface area contributed by atoms with E-state index in [0.717, 1.165) is 17.2 Å². The van der Waals surface area contributed by atoms with Crippen molar-refractivity contribution in [2.75, 3.05) is 5.32 Å². The maximum atomic E-state index is 12.3. The molecule has 2 aromatic carbocycles. The van der Waals surface area contributed by atoms with E-state index in [2.05, 4.69) is 5.32 Å². The van der Waals surface area contributed by atoms with Crippen molar-refractivity contribution in [3.63, 3.8) is 0 Å². The molecule has 1 amide bonds. The SMILES string of the molecule is Cc1ccc(NC(=O)[C@@H](C)OC(=O)c2cc(S(N)(=O)=O)ccc2Cl)c(C)c1. The van der Waals surface area contributed by atoms with Crippen LogP contribution in [0.4, 0.5) is 5.69 Å². The number of rotatable bonds is 5. The van der Waals surface area contributed by atoms with Gasteiger partial charge in [-0.3, -0.25) is 4.79 Å². The third-order valence-electron chi connectivity index (χ3n) is 3.78. The van der Waals surface area contributed by atoms with Crippen molar-refractivity contribution in [2.24, 2.45) is 5.14 Å². The fourth-order valence-electron chi connectivity index (χ4n) is 2.30. The Morgan fingerprint density at radius 1 is 1.15 bits per heavy atom. The van der Waals surface area contributed by atoms with Gasteiger partial charge in [0.2, 0.25) is 10.0 Å². The normalized spacial score (nSPS) is 12.3. The molecule has 0 fully saturated rings. The molecule has 0 aliphatic rings. The minimum absolute atomic E-state index is 0.0191. The van der Waals surface area contributed by atoms with Gasteiger partial charge in [-0.2, -0.15) is 0 Å². The van der Waals surface area contributed by atoms with E-state index in [1.807, 2.05) is 26.0 Å². The highest BCUT2D eigenvalue weighted by Gasteiger charge is 2.22. The molecule has 1 atom stereocenters. The molecule has 9 heteroatoms. The van der Waals surface area contributed by atoms with E-state index >= 15 is 0 Å². The van der Waals surface area contributed by atoms with Crippen molar-refractivity contribution in [3.05, 3.63) is 58.1 Å². The summed E-state index contributed by atoms with van der Waals surface area (Å²) in [5.74, 6) is -1.47. The molecule has 0 aromatic heterocycles. The molecule has 0 radical (unpaired) electrons. The van der Waals surface area contributed by atoms with Gasteiger partial charge in [-0.15, -0.1) is 0 Å². The van der Waals surface area contributed by atoms with Crippen molar-refractivity contribution in [3.8, 4) is 0 Å². The molecule has 0 aliphatic heterocycles. The highest BCUT2D eigenvalue weighted by Crippen LogP contribution is 2.22. The van der Waals surface area contributed by atoms with Crippen molar-refractivity contribution in [1.29, 1.82) is 0 Å². The molecule has 2 rings (SSSR count). The standard InChI is InChI=1S/C18H19ClN2O5S/c1-10-4-7-16(11(2)8-10)21-17(22)12(3)26-18(23)14-9-13(27(20,24)25)5-6-15(14)19/h4-9,12H,1-3H3,(H,21,22)(H2,20,24,25)/t12-/m1/s1. The number of aryl methyl sites for hydroxylation is 2. The highest BCUT2D eigenvalue weighted by atomic mass is 35.5. The lowest BCUT2D eigenvalue weighted by atomic mass is 10.1. The van der Waals surface area contributed by atoms with E-state index in [9.17, 15) is 18.0 Å². The number of ether oxygens (including phenoxy) is 1. The molecule has 0 aliphatic carbocycles. The average molecular weight is 411 g/mol. The first-order valence-electron chi connectivity index (χ1n) is 7.90. The smallest absolute Gasteiger partial charge is 0.340 e. The van der Waals surface area contributed by atoms with Crippen molar-refractivity contribution >= 4 is 39.2 Å². The Morgan fingerprint density at radius 2 is 1.81 bits per heavy atom. The van der Waals surface area contributed by atoms with Gasteiger partial charge < -0.3 is 10.1 Å². The Hall–Kier alpha value is -2.42. The predicted molar refractivity (Wildman–Crippen MR) is 102 cm³/mol. The minimum Gasteiger partial charge on any atom is -0.449 e. The third kappa shape index (κ3) is 5.29. The first kappa shape index (κ1) is 20.9. The van der Waals surface area contributed by atoms with Crippen LogP contribution in [0.25, 0.3) is 0 Å². The number of esters is 1. The molecule has 0 saturated heterocycles. The molecule has 0 spiro atoms. The van der Waals surface area contributed by atoms with E-state index in [-0.39, 0.29) is 15.5 Å². The lowest BCUT2D eigenvalue weighted by Crippen LogP contribution is -2.30. The van der Waals surface area contributed by atoms with E-state index in [4.69, 9.17) is 21.5 Å². The molecule has 0 heterocycles. The van der Waals surface area contributed by atoms with Crippen LogP contribution in [0.5, 0.6) is 0 Å². The van der Waals surface area contributed by atoms with Gasteiger partial charge in [0, 0.05) is 5.69 Å². The van der Waals surface area contributed by atoms with E-state index < -0.39 is 28.0 Å². The molecule has 0 bridgehead atoms. The van der Waals surface area contributed by atoms with E-state index in [1.165, 1.54) is 19.1 Å². The number of primary sulfonamides is 1. The molecule has 0 saturated carbocycles. The Kier molecular flexibility index (Phi) is 6.25. The van der Waals surface area contributed by atoms with Crippen LogP contribution in [0.3, 0.4) is 0 Å². The second-order valence-corrected chi connectivity index (χ2v) is 8.01. The van der Waals surface area contributed by atoms with Crippen LogP contribution in [-0.2, 0) is 19.6 Å². The van der Waals surface area contributed by atoms with Gasteiger partial charge in [-0.25, -0.2) is 18.4 Å². The Bertz CT molecular complexity index is 1000. The number of sulfonamides is 1. The molecular formula is C18H19ClN2O5S. The van der Waals surface area contributed by atoms with Crippen LogP contribution >= 0.6 is 11.6 Å². The summed E-state index contributed by atoms with van der Waals surface area (Å²) in [5.41, 5.74) is 2.32. The maximum Gasteiger partial charge on any atom is 0.340 e. The van der Waals surface area contributed by atoms with Gasteiger partial charge in [0.05, 0.1) is 15.5 Å². The molecule has 0 unspecified atom stereocenters. The summed E-state index contributed by atoms with van der Waals surface area (Å²) in [4.78, 5) is 24.3. The highest BCUT2D eigenvalue weighted by molar-refractivity contribution is 7.89.